The van der Waals surface area contributed by atoms with Crippen molar-refractivity contribution in [2.75, 3.05) is 26.2 Å². The van der Waals surface area contributed by atoms with Crippen molar-refractivity contribution in [3.63, 3.8) is 0 Å². The van der Waals surface area contributed by atoms with Gasteiger partial charge in [0.25, 0.3) is 0 Å². The topological polar surface area (TPSA) is 158 Å². The Morgan fingerprint density at radius 3 is 2.08 bits per heavy atom. The van der Waals surface area contributed by atoms with Crippen LogP contribution in [0.3, 0.4) is 0 Å². The molecule has 4 rings (SSSR count). The molecule has 0 saturated heterocycles. The molecule has 11 heteroatoms. The molecule has 1 aliphatic carbocycles. The molecule has 1 aliphatic heterocycles. The van der Waals surface area contributed by atoms with Crippen LogP contribution in [0.1, 0.15) is 38.2 Å². The number of nitrogens with two attached hydrogens (primary N) is 2. The zero-order valence-electron chi connectivity index (χ0n) is 21.9. The summed E-state index contributed by atoms with van der Waals surface area (Å²) in [5.74, 6) is 0.397. The van der Waals surface area contributed by atoms with Crippen LogP contribution in [0.2, 0.25) is 0 Å². The first-order valence-electron chi connectivity index (χ1n) is 11.8. The van der Waals surface area contributed by atoms with Gasteiger partial charge in [0.2, 0.25) is 15.8 Å². The highest BCUT2D eigenvalue weighted by molar-refractivity contribution is 7.89. The van der Waals surface area contributed by atoms with Gasteiger partial charge in [-0.25, -0.2) is 13.6 Å². The maximum absolute atomic E-state index is 13.8. The van der Waals surface area contributed by atoms with E-state index in [0.717, 1.165) is 0 Å². The van der Waals surface area contributed by atoms with Crippen LogP contribution in [0.5, 0.6) is 17.2 Å². The van der Waals surface area contributed by atoms with Gasteiger partial charge >= 0.3 is 0 Å². The van der Waals surface area contributed by atoms with Crippen LogP contribution in [0.15, 0.2) is 64.0 Å². The quantitative estimate of drug-likeness (QED) is 0.563. The number of sulfonamides is 1. The number of anilines is 1. The Kier molecular flexibility index (Phi) is 6.90. The average molecular weight is 539 g/mol. The second-order valence-corrected chi connectivity index (χ2v) is 11.5. The van der Waals surface area contributed by atoms with Crippen LogP contribution in [-0.2, 0) is 14.8 Å². The number of ketones is 1. The molecular formula is C27H30N4O6S. The summed E-state index contributed by atoms with van der Waals surface area (Å²) in [6, 6.07) is 11.5. The Balaban J connectivity index is 2.00. The van der Waals surface area contributed by atoms with E-state index in [0.29, 0.717) is 46.2 Å². The molecule has 0 fully saturated rings. The summed E-state index contributed by atoms with van der Waals surface area (Å²) in [6.45, 7) is 3.98. The number of hydrogen-bond acceptors (Lipinski definition) is 9. The lowest BCUT2D eigenvalue weighted by Crippen LogP contribution is -2.42. The Labute approximate surface area is 222 Å². The van der Waals surface area contributed by atoms with E-state index in [9.17, 15) is 18.5 Å². The van der Waals surface area contributed by atoms with Gasteiger partial charge in [0.15, 0.2) is 17.3 Å². The fourth-order valence-electron chi connectivity index (χ4n) is 5.19. The van der Waals surface area contributed by atoms with Crippen molar-refractivity contribution in [2.24, 2.45) is 16.3 Å². The molecule has 38 heavy (non-hydrogen) atoms. The molecule has 2 aliphatic rings. The van der Waals surface area contributed by atoms with Crippen molar-refractivity contribution in [1.29, 1.82) is 5.26 Å². The summed E-state index contributed by atoms with van der Waals surface area (Å²) < 4.78 is 40.1. The average Bonchev–Trinajstić information content (AvgIpc) is 2.86. The van der Waals surface area contributed by atoms with Crippen LogP contribution in [0, 0.1) is 16.7 Å². The fraction of sp³-hybridized carbons (Fsp3) is 0.333. The van der Waals surface area contributed by atoms with E-state index in [2.05, 4.69) is 6.07 Å². The molecule has 200 valence electrons. The first-order valence-corrected chi connectivity index (χ1v) is 13.3. The highest BCUT2D eigenvalue weighted by Gasteiger charge is 2.45. The van der Waals surface area contributed by atoms with Gasteiger partial charge in [0.05, 0.1) is 43.8 Å². The van der Waals surface area contributed by atoms with Crippen molar-refractivity contribution in [2.45, 2.75) is 37.5 Å². The highest BCUT2D eigenvalue weighted by Crippen LogP contribution is 2.52. The van der Waals surface area contributed by atoms with Gasteiger partial charge in [0, 0.05) is 23.4 Å². The van der Waals surface area contributed by atoms with Crippen molar-refractivity contribution >= 4 is 21.5 Å². The number of carbonyl (C=O) groups excluding carboxylic acids is 1. The van der Waals surface area contributed by atoms with Crippen LogP contribution in [0.4, 0.5) is 5.69 Å². The molecule has 4 N–H and O–H groups in total. The van der Waals surface area contributed by atoms with Gasteiger partial charge in [-0.05, 0) is 53.8 Å². The van der Waals surface area contributed by atoms with Crippen LogP contribution < -0.4 is 30.0 Å². The molecule has 2 aromatic carbocycles. The second-order valence-electron chi connectivity index (χ2n) is 9.98. The number of Topliss-reactive ketones (excluding diaryl/α,β-unsaturated/α-hetero) is 1. The summed E-state index contributed by atoms with van der Waals surface area (Å²) in [4.78, 5) is 15.3. The number of methoxy groups -OCH3 is 3. The van der Waals surface area contributed by atoms with Crippen LogP contribution in [-0.4, -0.2) is 35.5 Å². The van der Waals surface area contributed by atoms with Gasteiger partial charge in [-0.2, -0.15) is 5.26 Å². The van der Waals surface area contributed by atoms with Crippen molar-refractivity contribution in [3.8, 4) is 23.3 Å². The monoisotopic (exact) mass is 538 g/mol. The van der Waals surface area contributed by atoms with Gasteiger partial charge in [-0.3, -0.25) is 9.69 Å². The zero-order chi connectivity index (χ0) is 28.0. The highest BCUT2D eigenvalue weighted by atomic mass is 32.2. The Bertz CT molecular complexity index is 1490. The number of rotatable bonds is 6. The molecule has 0 spiro atoms. The largest absolute Gasteiger partial charge is 0.493 e. The molecule has 0 bridgehead atoms. The van der Waals surface area contributed by atoms with Crippen LogP contribution in [0.25, 0.3) is 0 Å². The first-order chi connectivity index (χ1) is 17.9. The standard InChI is InChI=1S/C27H30N4O6S/c1-27(2)12-19-24(20(32)13-27)23(15-10-21(35-3)25(37-5)22(11-15)36-4)18(14-28)26(29)31(19)16-6-8-17(9-7-16)38(30,33)34/h6-11,23H,12-13,29H2,1-5H3,(H2,30,33,34)/t23-/m1/s1. The molecule has 2 aromatic rings. The van der Waals surface area contributed by atoms with Gasteiger partial charge in [-0.1, -0.05) is 13.8 Å². The summed E-state index contributed by atoms with van der Waals surface area (Å²) >= 11 is 0. The lowest BCUT2D eigenvalue weighted by atomic mass is 9.68. The van der Waals surface area contributed by atoms with E-state index in [1.807, 2.05) is 13.8 Å². The molecule has 0 unspecified atom stereocenters. The molecule has 0 amide bonds. The summed E-state index contributed by atoms with van der Waals surface area (Å²) in [6.07, 6.45) is 0.773. The molecule has 1 atom stereocenters. The van der Waals surface area contributed by atoms with Gasteiger partial charge in [0.1, 0.15) is 5.82 Å². The number of nitriles is 1. The van der Waals surface area contributed by atoms with Crippen LogP contribution >= 0.6 is 0 Å². The third kappa shape index (κ3) is 4.57. The molecule has 0 saturated carbocycles. The number of allylic oxidation sites excluding steroid dienone is 3. The minimum Gasteiger partial charge on any atom is -0.493 e. The maximum Gasteiger partial charge on any atom is 0.238 e. The van der Waals surface area contributed by atoms with E-state index in [1.165, 1.54) is 33.5 Å². The zero-order valence-corrected chi connectivity index (χ0v) is 22.7. The van der Waals surface area contributed by atoms with E-state index in [4.69, 9.17) is 25.1 Å². The third-order valence-electron chi connectivity index (χ3n) is 6.82. The van der Waals surface area contributed by atoms with Crippen molar-refractivity contribution in [3.05, 3.63) is 64.6 Å². The third-order valence-corrected chi connectivity index (χ3v) is 7.75. The lowest BCUT2D eigenvalue weighted by molar-refractivity contribution is -0.118. The van der Waals surface area contributed by atoms with E-state index in [-0.39, 0.29) is 33.9 Å². The number of ether oxygens (including phenoxy) is 3. The minimum absolute atomic E-state index is 0.0640. The smallest absolute Gasteiger partial charge is 0.238 e. The SMILES string of the molecule is COc1cc([C@@H]2C(C#N)=C(N)N(c3ccc(S(N)(=O)=O)cc3)C3=C2C(=O)CC(C)(C)C3)cc(OC)c1OC. The number of hydrogen-bond donors (Lipinski definition) is 2. The number of benzene rings is 2. The molecule has 1 heterocycles. The molecule has 10 nitrogen and oxygen atoms in total. The minimum atomic E-state index is -3.91. The van der Waals surface area contributed by atoms with Crippen molar-refractivity contribution in [1.82, 2.24) is 0 Å². The fourth-order valence-corrected chi connectivity index (χ4v) is 5.71. The Morgan fingerprint density at radius 2 is 1.61 bits per heavy atom. The predicted molar refractivity (Wildman–Crippen MR) is 141 cm³/mol. The molecular weight excluding hydrogens is 508 g/mol. The van der Waals surface area contributed by atoms with Crippen molar-refractivity contribution < 1.29 is 27.4 Å². The van der Waals surface area contributed by atoms with Gasteiger partial charge in [-0.15, -0.1) is 0 Å². The van der Waals surface area contributed by atoms with Gasteiger partial charge < -0.3 is 19.9 Å². The number of carbonyl (C=O) groups is 1. The Morgan fingerprint density at radius 1 is 1.03 bits per heavy atom. The summed E-state index contributed by atoms with van der Waals surface area (Å²) in [7, 11) is 0.562. The molecule has 0 radical (unpaired) electrons. The second kappa shape index (κ2) is 9.70. The predicted octanol–water partition coefficient (Wildman–Crippen LogP) is 3.30. The Hall–Kier alpha value is -4.01. The van der Waals surface area contributed by atoms with E-state index in [1.54, 1.807) is 29.2 Å². The molecule has 0 aromatic heterocycles. The number of nitrogens with zero attached hydrogens (tertiary/aromatic N) is 2. The maximum atomic E-state index is 13.8. The lowest BCUT2D eigenvalue weighted by Gasteiger charge is -2.43. The number of primary sulfonamides is 1. The van der Waals surface area contributed by atoms with E-state index < -0.39 is 15.9 Å². The normalized spacial score (nSPS) is 19.1. The summed E-state index contributed by atoms with van der Waals surface area (Å²) in [5.41, 5.74) is 8.63. The first kappa shape index (κ1) is 27.0. The summed E-state index contributed by atoms with van der Waals surface area (Å²) in [5, 5.41) is 15.6. The van der Waals surface area contributed by atoms with E-state index >= 15 is 0 Å².